The van der Waals surface area contributed by atoms with Gasteiger partial charge in [-0.1, -0.05) is 23.9 Å². The van der Waals surface area contributed by atoms with Crippen molar-refractivity contribution in [1.82, 2.24) is 14.9 Å². The second-order valence-electron chi connectivity index (χ2n) is 7.25. The van der Waals surface area contributed by atoms with Crippen LogP contribution in [0.2, 0.25) is 0 Å². The summed E-state index contributed by atoms with van der Waals surface area (Å²) >= 11 is 1.11. The first-order chi connectivity index (χ1) is 16.9. The van der Waals surface area contributed by atoms with Crippen molar-refractivity contribution in [3.8, 4) is 17.1 Å². The van der Waals surface area contributed by atoms with E-state index in [9.17, 15) is 14.0 Å². The zero-order chi connectivity index (χ0) is 24.8. The topological polar surface area (TPSA) is 124 Å². The number of nitrogen functional groups attached to an aromatic ring is 1. The number of thioether (sulfide) groups is 1. The Morgan fingerprint density at radius 2 is 1.71 bits per heavy atom. The van der Waals surface area contributed by atoms with Gasteiger partial charge in [0, 0.05) is 11.3 Å². The summed E-state index contributed by atoms with van der Waals surface area (Å²) in [5.74, 6) is 6.06. The number of hydrogen-bond donors (Lipinski definition) is 3. The van der Waals surface area contributed by atoms with E-state index in [1.807, 2.05) is 0 Å². The number of ether oxygens (including phenoxy) is 1. The van der Waals surface area contributed by atoms with Gasteiger partial charge in [-0.2, -0.15) is 0 Å². The van der Waals surface area contributed by atoms with Crippen molar-refractivity contribution in [3.05, 3.63) is 84.2 Å². The van der Waals surface area contributed by atoms with Crippen LogP contribution in [0.5, 0.6) is 5.75 Å². The highest BCUT2D eigenvalue weighted by molar-refractivity contribution is 7.99. The molecule has 4 aromatic rings. The molecule has 0 atom stereocenters. The molecule has 0 fully saturated rings. The molecule has 2 amide bonds. The van der Waals surface area contributed by atoms with E-state index >= 15 is 0 Å². The number of methoxy groups -OCH3 is 1. The SMILES string of the molecule is COc1ccc(-c2nnc(SCC(=O)Nc3ccccc3C(=O)Nc3ccc(F)cc3)n2N)cc1. The third-order valence-corrected chi connectivity index (χ3v) is 5.84. The van der Waals surface area contributed by atoms with E-state index in [4.69, 9.17) is 10.6 Å². The van der Waals surface area contributed by atoms with Crippen LogP contribution in [0.1, 0.15) is 10.4 Å². The predicted octanol–water partition coefficient (Wildman–Crippen LogP) is 3.79. The molecule has 0 aliphatic carbocycles. The summed E-state index contributed by atoms with van der Waals surface area (Å²) in [7, 11) is 1.58. The quantitative estimate of drug-likeness (QED) is 0.252. The molecule has 3 aromatic carbocycles. The zero-order valence-electron chi connectivity index (χ0n) is 18.6. The monoisotopic (exact) mass is 492 g/mol. The molecule has 9 nitrogen and oxygen atoms in total. The maximum Gasteiger partial charge on any atom is 0.257 e. The van der Waals surface area contributed by atoms with Gasteiger partial charge in [0.1, 0.15) is 11.6 Å². The molecule has 178 valence electrons. The number of nitrogens with two attached hydrogens (primary N) is 1. The lowest BCUT2D eigenvalue weighted by Crippen LogP contribution is -2.20. The smallest absolute Gasteiger partial charge is 0.257 e. The zero-order valence-corrected chi connectivity index (χ0v) is 19.4. The number of rotatable bonds is 8. The normalized spacial score (nSPS) is 10.6. The van der Waals surface area contributed by atoms with E-state index in [1.165, 1.54) is 28.9 Å². The lowest BCUT2D eigenvalue weighted by molar-refractivity contribution is -0.113. The molecule has 4 N–H and O–H groups in total. The predicted molar refractivity (Wildman–Crippen MR) is 132 cm³/mol. The second kappa shape index (κ2) is 10.7. The van der Waals surface area contributed by atoms with Crippen molar-refractivity contribution in [1.29, 1.82) is 0 Å². The van der Waals surface area contributed by atoms with Gasteiger partial charge >= 0.3 is 0 Å². The van der Waals surface area contributed by atoms with Gasteiger partial charge in [0.15, 0.2) is 5.82 Å². The minimum atomic E-state index is -0.439. The van der Waals surface area contributed by atoms with E-state index < -0.39 is 11.7 Å². The number of para-hydroxylation sites is 1. The van der Waals surface area contributed by atoms with E-state index in [1.54, 1.807) is 55.6 Å². The molecule has 0 unspecified atom stereocenters. The summed E-state index contributed by atoms with van der Waals surface area (Å²) in [6.45, 7) is 0. The maximum atomic E-state index is 13.1. The summed E-state index contributed by atoms with van der Waals surface area (Å²) in [6, 6.07) is 19.2. The Morgan fingerprint density at radius 3 is 2.43 bits per heavy atom. The molecule has 0 spiro atoms. The van der Waals surface area contributed by atoms with E-state index in [-0.39, 0.29) is 17.2 Å². The van der Waals surface area contributed by atoms with Crippen molar-refractivity contribution >= 4 is 35.0 Å². The summed E-state index contributed by atoms with van der Waals surface area (Å²) in [5.41, 5.74) is 1.78. The first-order valence-electron chi connectivity index (χ1n) is 10.4. The Balaban J connectivity index is 1.39. The number of halogens is 1. The van der Waals surface area contributed by atoms with Crippen LogP contribution in [0.25, 0.3) is 11.4 Å². The minimum absolute atomic E-state index is 0.00807. The number of hydrogen-bond acceptors (Lipinski definition) is 7. The van der Waals surface area contributed by atoms with Crippen LogP contribution in [0, 0.1) is 5.82 Å². The molecular formula is C24H21FN6O3S. The van der Waals surface area contributed by atoms with Gasteiger partial charge in [-0.15, -0.1) is 10.2 Å². The Bertz CT molecular complexity index is 1340. The second-order valence-corrected chi connectivity index (χ2v) is 8.19. The Kier molecular flexibility index (Phi) is 7.27. The highest BCUT2D eigenvalue weighted by Gasteiger charge is 2.16. The molecule has 35 heavy (non-hydrogen) atoms. The fourth-order valence-electron chi connectivity index (χ4n) is 3.15. The Morgan fingerprint density at radius 1 is 1.00 bits per heavy atom. The summed E-state index contributed by atoms with van der Waals surface area (Å²) in [5, 5.41) is 13.9. The average molecular weight is 493 g/mol. The van der Waals surface area contributed by atoms with Crippen molar-refractivity contribution in [2.45, 2.75) is 5.16 Å². The molecule has 1 aromatic heterocycles. The van der Waals surface area contributed by atoms with Gasteiger partial charge in [-0.05, 0) is 60.7 Å². The largest absolute Gasteiger partial charge is 0.497 e. The van der Waals surface area contributed by atoms with Crippen LogP contribution in [-0.4, -0.2) is 39.6 Å². The number of aromatic nitrogens is 3. The van der Waals surface area contributed by atoms with Gasteiger partial charge in [0.25, 0.3) is 5.91 Å². The first kappa shape index (κ1) is 23.8. The van der Waals surface area contributed by atoms with Gasteiger partial charge in [0.05, 0.1) is 24.1 Å². The summed E-state index contributed by atoms with van der Waals surface area (Å²) < 4.78 is 19.6. The van der Waals surface area contributed by atoms with Crippen LogP contribution >= 0.6 is 11.8 Å². The van der Waals surface area contributed by atoms with Gasteiger partial charge in [-0.3, -0.25) is 9.59 Å². The van der Waals surface area contributed by atoms with E-state index in [0.717, 1.165) is 17.3 Å². The van der Waals surface area contributed by atoms with Crippen LogP contribution in [0.3, 0.4) is 0 Å². The van der Waals surface area contributed by atoms with Crippen LogP contribution in [0.4, 0.5) is 15.8 Å². The molecule has 0 bridgehead atoms. The van der Waals surface area contributed by atoms with Gasteiger partial charge in [0.2, 0.25) is 11.1 Å². The number of benzene rings is 3. The number of amides is 2. The molecule has 11 heteroatoms. The molecule has 0 saturated carbocycles. The molecular weight excluding hydrogens is 471 g/mol. The van der Waals surface area contributed by atoms with Crippen molar-refractivity contribution in [2.75, 3.05) is 29.3 Å². The first-order valence-corrected chi connectivity index (χ1v) is 11.4. The van der Waals surface area contributed by atoms with Crippen molar-refractivity contribution in [3.63, 3.8) is 0 Å². The number of carbonyl (C=O) groups excluding carboxylic acids is 2. The number of anilines is 2. The third-order valence-electron chi connectivity index (χ3n) is 4.89. The molecule has 1 heterocycles. The Labute approximate surface area is 204 Å². The summed E-state index contributed by atoms with van der Waals surface area (Å²) in [6.07, 6.45) is 0. The van der Waals surface area contributed by atoms with Crippen molar-refractivity contribution < 1.29 is 18.7 Å². The molecule has 0 aliphatic rings. The van der Waals surface area contributed by atoms with Gasteiger partial charge in [-0.25, -0.2) is 9.07 Å². The number of nitrogens with zero attached hydrogens (tertiary/aromatic N) is 3. The van der Waals surface area contributed by atoms with Crippen molar-refractivity contribution in [2.24, 2.45) is 0 Å². The average Bonchev–Trinajstić information content (AvgIpc) is 3.24. The van der Waals surface area contributed by atoms with Crippen LogP contribution < -0.4 is 21.2 Å². The van der Waals surface area contributed by atoms with E-state index in [0.29, 0.717) is 28.1 Å². The lowest BCUT2D eigenvalue weighted by atomic mass is 10.1. The van der Waals surface area contributed by atoms with E-state index in [2.05, 4.69) is 20.8 Å². The lowest BCUT2D eigenvalue weighted by Gasteiger charge is -2.11. The molecule has 0 saturated heterocycles. The standard InChI is InChI=1S/C24H21FN6O3S/c1-34-18-12-6-15(7-13-18)22-29-30-24(31(22)26)35-14-21(32)28-20-5-3-2-4-19(20)23(33)27-17-10-8-16(25)9-11-17/h2-13H,14,26H2,1H3,(H,27,33)(H,28,32). The number of nitrogens with one attached hydrogen (secondary N) is 2. The number of carbonyl (C=O) groups is 2. The fourth-order valence-corrected chi connectivity index (χ4v) is 3.81. The highest BCUT2D eigenvalue weighted by Crippen LogP contribution is 2.24. The van der Waals surface area contributed by atoms with Crippen LogP contribution in [-0.2, 0) is 4.79 Å². The summed E-state index contributed by atoms with van der Waals surface area (Å²) in [4.78, 5) is 25.3. The van der Waals surface area contributed by atoms with Crippen LogP contribution in [0.15, 0.2) is 78.0 Å². The fraction of sp³-hybridized carbons (Fsp3) is 0.0833. The highest BCUT2D eigenvalue weighted by atomic mass is 32.2. The minimum Gasteiger partial charge on any atom is -0.497 e. The third kappa shape index (κ3) is 5.76. The van der Waals surface area contributed by atoms with Gasteiger partial charge < -0.3 is 21.2 Å². The molecule has 0 radical (unpaired) electrons. The Hall–Kier alpha value is -4.38. The molecule has 0 aliphatic heterocycles. The maximum absolute atomic E-state index is 13.1. The molecule has 4 rings (SSSR count).